The van der Waals surface area contributed by atoms with Crippen molar-refractivity contribution in [3.63, 3.8) is 0 Å². The Morgan fingerprint density at radius 1 is 0.968 bits per heavy atom. The summed E-state index contributed by atoms with van der Waals surface area (Å²) in [7, 11) is 1.49. The lowest BCUT2D eigenvalue weighted by Crippen LogP contribution is -2.29. The summed E-state index contributed by atoms with van der Waals surface area (Å²) >= 11 is 1.29. The van der Waals surface area contributed by atoms with E-state index in [1.54, 1.807) is 29.2 Å². The molecule has 5 nitrogen and oxygen atoms in total. The molecule has 0 bridgehead atoms. The fourth-order valence-electron chi connectivity index (χ4n) is 3.33. The van der Waals surface area contributed by atoms with Crippen molar-refractivity contribution >= 4 is 40.3 Å². The maximum atomic E-state index is 13.5. The number of hydrogen-bond donors (Lipinski definition) is 1. The Balaban J connectivity index is 1.84. The maximum Gasteiger partial charge on any atom is 0.271 e. The van der Waals surface area contributed by atoms with Gasteiger partial charge in [0.25, 0.3) is 5.91 Å². The van der Waals surface area contributed by atoms with Crippen LogP contribution in [-0.2, 0) is 4.79 Å². The number of benzene rings is 3. The summed E-state index contributed by atoms with van der Waals surface area (Å²) in [6.45, 7) is 3.96. The van der Waals surface area contributed by atoms with E-state index in [9.17, 15) is 9.90 Å². The summed E-state index contributed by atoms with van der Waals surface area (Å²) in [5.41, 5.74) is 4.10. The topological polar surface area (TPSA) is 62.1 Å². The molecule has 156 valence electrons. The van der Waals surface area contributed by atoms with Gasteiger partial charge in [-0.25, -0.2) is 4.99 Å². The third kappa shape index (κ3) is 4.07. The number of phenols is 1. The van der Waals surface area contributed by atoms with Crippen LogP contribution in [0.1, 0.15) is 16.7 Å². The third-order valence-electron chi connectivity index (χ3n) is 5.03. The second kappa shape index (κ2) is 8.70. The van der Waals surface area contributed by atoms with Gasteiger partial charge in [-0.3, -0.25) is 9.69 Å². The molecule has 3 aromatic rings. The van der Waals surface area contributed by atoms with Crippen LogP contribution in [0.4, 0.5) is 11.4 Å². The molecular weight excluding hydrogens is 408 g/mol. The minimum absolute atomic E-state index is 0.00219. The average molecular weight is 431 g/mol. The number of carbonyl (C=O) groups excluding carboxylic acids is 1. The number of para-hydroxylation sites is 3. The molecule has 1 aliphatic rings. The summed E-state index contributed by atoms with van der Waals surface area (Å²) in [6, 6.07) is 20.7. The molecule has 1 saturated heterocycles. The molecule has 4 rings (SSSR count). The molecule has 0 aliphatic carbocycles. The number of thioether (sulfide) groups is 1. The van der Waals surface area contributed by atoms with Crippen LogP contribution in [-0.4, -0.2) is 23.3 Å². The van der Waals surface area contributed by atoms with E-state index in [1.165, 1.54) is 18.9 Å². The van der Waals surface area contributed by atoms with Gasteiger partial charge in [-0.1, -0.05) is 48.5 Å². The summed E-state index contributed by atoms with van der Waals surface area (Å²) in [6.07, 6.45) is 1.68. The number of aromatic hydroxyl groups is 1. The highest BCUT2D eigenvalue weighted by atomic mass is 32.2. The zero-order valence-electron chi connectivity index (χ0n) is 17.5. The second-order valence-electron chi connectivity index (χ2n) is 7.12. The summed E-state index contributed by atoms with van der Waals surface area (Å²) in [4.78, 5) is 20.4. The van der Waals surface area contributed by atoms with E-state index < -0.39 is 0 Å². The number of aryl methyl sites for hydroxylation is 2. The number of nitrogens with zero attached hydrogens (tertiary/aromatic N) is 2. The number of phenolic OH excluding ortho intramolecular Hbond substituents is 1. The van der Waals surface area contributed by atoms with Gasteiger partial charge in [-0.05, 0) is 61.0 Å². The molecule has 3 aromatic carbocycles. The number of anilines is 1. The first-order valence-corrected chi connectivity index (χ1v) is 10.6. The second-order valence-corrected chi connectivity index (χ2v) is 8.13. The Hall–Kier alpha value is -3.51. The average Bonchev–Trinajstić information content (AvgIpc) is 3.06. The quantitative estimate of drug-likeness (QED) is 0.529. The highest BCUT2D eigenvalue weighted by Gasteiger charge is 2.35. The zero-order valence-corrected chi connectivity index (χ0v) is 18.3. The number of rotatable bonds is 4. The standard InChI is InChI=1S/C25H22N2O3S/c1-16-9-4-6-12-19(16)26-25-27(20-13-7-5-10-17(20)2)24(29)22(31-25)15-18-11-8-14-21(30-3)23(18)28/h4-15,28H,1-3H3/b22-15+,26-25?. The summed E-state index contributed by atoms with van der Waals surface area (Å²) in [5.74, 6) is 0.167. The first-order valence-electron chi connectivity index (χ1n) is 9.79. The number of ether oxygens (including phenoxy) is 1. The SMILES string of the molecule is COc1cccc(/C=C2/SC(=Nc3ccccc3C)N(c3ccccc3C)C2=O)c1O. The number of aliphatic imine (C=N–C) groups is 1. The first kappa shape index (κ1) is 20.8. The lowest BCUT2D eigenvalue weighted by atomic mass is 10.1. The molecule has 1 aliphatic heterocycles. The van der Waals surface area contributed by atoms with Crippen molar-refractivity contribution in [2.24, 2.45) is 4.99 Å². The molecule has 0 saturated carbocycles. The van der Waals surface area contributed by atoms with Crippen LogP contribution in [0.3, 0.4) is 0 Å². The molecule has 0 spiro atoms. The fourth-order valence-corrected chi connectivity index (χ4v) is 4.31. The van der Waals surface area contributed by atoms with Crippen LogP contribution < -0.4 is 9.64 Å². The highest BCUT2D eigenvalue weighted by Crippen LogP contribution is 2.40. The van der Waals surface area contributed by atoms with Gasteiger partial charge < -0.3 is 9.84 Å². The molecule has 0 unspecified atom stereocenters. The molecule has 6 heteroatoms. The Labute approximate surface area is 185 Å². The monoisotopic (exact) mass is 430 g/mol. The number of hydrogen-bond acceptors (Lipinski definition) is 5. The van der Waals surface area contributed by atoms with Gasteiger partial charge in [-0.15, -0.1) is 0 Å². The van der Waals surface area contributed by atoms with Crippen molar-refractivity contribution in [1.82, 2.24) is 0 Å². The van der Waals surface area contributed by atoms with Crippen LogP contribution in [0.25, 0.3) is 6.08 Å². The number of carbonyl (C=O) groups is 1. The Morgan fingerprint density at radius 3 is 2.39 bits per heavy atom. The van der Waals surface area contributed by atoms with Crippen molar-refractivity contribution in [2.75, 3.05) is 12.0 Å². The van der Waals surface area contributed by atoms with Gasteiger partial charge in [-0.2, -0.15) is 0 Å². The van der Waals surface area contributed by atoms with Crippen LogP contribution in [0, 0.1) is 13.8 Å². The maximum absolute atomic E-state index is 13.5. The van der Waals surface area contributed by atoms with Crippen LogP contribution >= 0.6 is 11.8 Å². The van der Waals surface area contributed by atoms with Crippen LogP contribution in [0.15, 0.2) is 76.6 Å². The summed E-state index contributed by atoms with van der Waals surface area (Å²) in [5, 5.41) is 11.0. The zero-order chi connectivity index (χ0) is 22.0. The van der Waals surface area contributed by atoms with Gasteiger partial charge in [0.15, 0.2) is 16.7 Å². The van der Waals surface area contributed by atoms with Gasteiger partial charge in [0.1, 0.15) is 0 Å². The fraction of sp³-hybridized carbons (Fsp3) is 0.120. The lowest BCUT2D eigenvalue weighted by Gasteiger charge is -2.18. The lowest BCUT2D eigenvalue weighted by molar-refractivity contribution is -0.113. The number of methoxy groups -OCH3 is 1. The van der Waals surface area contributed by atoms with Crippen molar-refractivity contribution in [3.8, 4) is 11.5 Å². The molecule has 1 heterocycles. The predicted molar refractivity (Wildman–Crippen MR) is 127 cm³/mol. The van der Waals surface area contributed by atoms with E-state index in [0.29, 0.717) is 21.4 Å². The highest BCUT2D eigenvalue weighted by molar-refractivity contribution is 8.19. The Morgan fingerprint density at radius 2 is 1.68 bits per heavy atom. The van der Waals surface area contributed by atoms with Gasteiger partial charge in [0, 0.05) is 5.56 Å². The summed E-state index contributed by atoms with van der Waals surface area (Å²) < 4.78 is 5.19. The van der Waals surface area contributed by atoms with E-state index in [-0.39, 0.29) is 11.7 Å². The Bertz CT molecular complexity index is 1220. The minimum atomic E-state index is -0.186. The van der Waals surface area contributed by atoms with Gasteiger partial charge in [0.05, 0.1) is 23.4 Å². The Kier molecular flexibility index (Phi) is 5.82. The van der Waals surface area contributed by atoms with Crippen molar-refractivity contribution in [2.45, 2.75) is 13.8 Å². The van der Waals surface area contributed by atoms with E-state index in [4.69, 9.17) is 9.73 Å². The van der Waals surface area contributed by atoms with E-state index in [1.807, 2.05) is 62.4 Å². The molecule has 31 heavy (non-hydrogen) atoms. The first-order chi connectivity index (χ1) is 15.0. The normalized spacial score (nSPS) is 16.4. The molecule has 1 amide bonds. The molecule has 1 fully saturated rings. The number of amidine groups is 1. The molecule has 1 N–H and O–H groups in total. The van der Waals surface area contributed by atoms with E-state index >= 15 is 0 Å². The third-order valence-corrected chi connectivity index (χ3v) is 6.00. The van der Waals surface area contributed by atoms with Crippen molar-refractivity contribution < 1.29 is 14.6 Å². The van der Waals surface area contributed by atoms with E-state index in [0.717, 1.165) is 22.5 Å². The van der Waals surface area contributed by atoms with E-state index in [2.05, 4.69) is 0 Å². The molecule has 0 atom stereocenters. The van der Waals surface area contributed by atoms with Gasteiger partial charge >= 0.3 is 0 Å². The van der Waals surface area contributed by atoms with Crippen LogP contribution in [0.5, 0.6) is 11.5 Å². The van der Waals surface area contributed by atoms with Crippen molar-refractivity contribution in [3.05, 3.63) is 88.3 Å². The minimum Gasteiger partial charge on any atom is -0.504 e. The predicted octanol–water partition coefficient (Wildman–Crippen LogP) is 5.83. The van der Waals surface area contributed by atoms with Crippen LogP contribution in [0.2, 0.25) is 0 Å². The molecule has 0 aromatic heterocycles. The van der Waals surface area contributed by atoms with Gasteiger partial charge in [0.2, 0.25) is 0 Å². The van der Waals surface area contributed by atoms with Crippen molar-refractivity contribution in [1.29, 1.82) is 0 Å². The largest absolute Gasteiger partial charge is 0.504 e. The molecule has 0 radical (unpaired) electrons. The molecular formula is C25H22N2O3S. The smallest absolute Gasteiger partial charge is 0.271 e. The number of amides is 1.